The van der Waals surface area contributed by atoms with Gasteiger partial charge in [0.2, 0.25) is 0 Å². The standard InChI is InChI=1S/C12H23NOS/c1-9-12(6-7-14-9)15-8-11(13)10-4-2-3-5-10/h9-12H,2-8,13H2,1H3. The molecule has 15 heavy (non-hydrogen) atoms. The van der Waals surface area contributed by atoms with Crippen molar-refractivity contribution in [1.82, 2.24) is 0 Å². The van der Waals surface area contributed by atoms with Crippen molar-refractivity contribution in [3.05, 3.63) is 0 Å². The van der Waals surface area contributed by atoms with Gasteiger partial charge in [0.1, 0.15) is 0 Å². The van der Waals surface area contributed by atoms with Crippen LogP contribution in [0.15, 0.2) is 0 Å². The highest BCUT2D eigenvalue weighted by Crippen LogP contribution is 2.31. The molecule has 2 N–H and O–H groups in total. The van der Waals surface area contributed by atoms with Crippen LogP contribution in [0.2, 0.25) is 0 Å². The molecule has 0 amide bonds. The van der Waals surface area contributed by atoms with Gasteiger partial charge in [-0.2, -0.15) is 11.8 Å². The van der Waals surface area contributed by atoms with Crippen molar-refractivity contribution >= 4 is 11.8 Å². The van der Waals surface area contributed by atoms with E-state index < -0.39 is 0 Å². The number of hydrogen-bond donors (Lipinski definition) is 1. The Morgan fingerprint density at radius 1 is 1.33 bits per heavy atom. The fourth-order valence-corrected chi connectivity index (χ4v) is 4.04. The maximum absolute atomic E-state index is 6.24. The minimum absolute atomic E-state index is 0.422. The second kappa shape index (κ2) is 5.55. The van der Waals surface area contributed by atoms with Crippen molar-refractivity contribution in [1.29, 1.82) is 0 Å². The fourth-order valence-electron chi connectivity index (χ4n) is 2.69. The first-order chi connectivity index (χ1) is 7.27. The van der Waals surface area contributed by atoms with Crippen LogP contribution in [0, 0.1) is 5.92 Å². The zero-order valence-corrected chi connectivity index (χ0v) is 10.5. The van der Waals surface area contributed by atoms with Gasteiger partial charge in [-0.25, -0.2) is 0 Å². The van der Waals surface area contributed by atoms with E-state index in [1.165, 1.54) is 32.1 Å². The molecule has 2 fully saturated rings. The number of ether oxygens (including phenoxy) is 1. The molecule has 0 aromatic heterocycles. The summed E-state index contributed by atoms with van der Waals surface area (Å²) in [4.78, 5) is 0. The van der Waals surface area contributed by atoms with E-state index in [-0.39, 0.29) is 0 Å². The van der Waals surface area contributed by atoms with E-state index in [2.05, 4.69) is 6.92 Å². The first-order valence-corrected chi connectivity index (χ1v) is 7.31. The van der Waals surface area contributed by atoms with Crippen molar-refractivity contribution in [2.75, 3.05) is 12.4 Å². The molecule has 3 atom stereocenters. The highest BCUT2D eigenvalue weighted by Gasteiger charge is 2.27. The summed E-state index contributed by atoms with van der Waals surface area (Å²) in [5.74, 6) is 1.93. The van der Waals surface area contributed by atoms with Crippen LogP contribution in [0.4, 0.5) is 0 Å². The monoisotopic (exact) mass is 229 g/mol. The normalized spacial score (nSPS) is 34.8. The minimum atomic E-state index is 0.422. The zero-order chi connectivity index (χ0) is 10.7. The lowest BCUT2D eigenvalue weighted by Gasteiger charge is -2.21. The topological polar surface area (TPSA) is 35.2 Å². The molecule has 0 spiro atoms. The lowest BCUT2D eigenvalue weighted by molar-refractivity contribution is 0.127. The lowest BCUT2D eigenvalue weighted by atomic mass is 10.0. The van der Waals surface area contributed by atoms with Gasteiger partial charge in [0.05, 0.1) is 6.10 Å². The van der Waals surface area contributed by atoms with Crippen LogP contribution >= 0.6 is 11.8 Å². The molecule has 0 radical (unpaired) electrons. The molecule has 3 heteroatoms. The van der Waals surface area contributed by atoms with E-state index in [1.54, 1.807) is 0 Å². The van der Waals surface area contributed by atoms with Crippen molar-refractivity contribution < 1.29 is 4.74 Å². The van der Waals surface area contributed by atoms with Crippen molar-refractivity contribution in [2.45, 2.75) is 56.4 Å². The van der Waals surface area contributed by atoms with Gasteiger partial charge in [0.25, 0.3) is 0 Å². The molecule has 0 aromatic carbocycles. The van der Waals surface area contributed by atoms with E-state index in [9.17, 15) is 0 Å². The number of thioether (sulfide) groups is 1. The summed E-state index contributed by atoms with van der Waals surface area (Å²) in [6.07, 6.45) is 7.16. The third-order valence-electron chi connectivity index (χ3n) is 3.81. The Balaban J connectivity index is 1.67. The van der Waals surface area contributed by atoms with Crippen LogP contribution in [0.3, 0.4) is 0 Å². The Morgan fingerprint density at radius 3 is 2.67 bits per heavy atom. The molecule has 1 saturated carbocycles. The summed E-state index contributed by atoms with van der Waals surface area (Å²) in [6.45, 7) is 3.13. The molecule has 0 aromatic rings. The highest BCUT2D eigenvalue weighted by molar-refractivity contribution is 8.00. The summed E-state index contributed by atoms with van der Waals surface area (Å²) in [5, 5.41) is 0.692. The van der Waals surface area contributed by atoms with E-state index in [0.29, 0.717) is 17.4 Å². The van der Waals surface area contributed by atoms with E-state index >= 15 is 0 Å². The number of rotatable bonds is 4. The third-order valence-corrected chi connectivity index (χ3v) is 5.44. The summed E-state index contributed by atoms with van der Waals surface area (Å²) < 4.78 is 5.56. The largest absolute Gasteiger partial charge is 0.377 e. The molecule has 0 bridgehead atoms. The quantitative estimate of drug-likeness (QED) is 0.804. The Bertz CT molecular complexity index is 194. The highest BCUT2D eigenvalue weighted by atomic mass is 32.2. The molecule has 1 saturated heterocycles. The van der Waals surface area contributed by atoms with Crippen LogP contribution in [0.25, 0.3) is 0 Å². The van der Waals surface area contributed by atoms with Crippen LogP contribution in [0.5, 0.6) is 0 Å². The lowest BCUT2D eigenvalue weighted by Crippen LogP contribution is -2.32. The Hall–Kier alpha value is 0.270. The van der Waals surface area contributed by atoms with Crippen molar-refractivity contribution in [3.63, 3.8) is 0 Å². The van der Waals surface area contributed by atoms with Gasteiger partial charge < -0.3 is 10.5 Å². The molecule has 1 heterocycles. The zero-order valence-electron chi connectivity index (χ0n) is 9.65. The van der Waals surface area contributed by atoms with Crippen molar-refractivity contribution in [3.8, 4) is 0 Å². The van der Waals surface area contributed by atoms with Gasteiger partial charge in [-0.05, 0) is 32.1 Å². The predicted molar refractivity (Wildman–Crippen MR) is 66.2 cm³/mol. The van der Waals surface area contributed by atoms with Gasteiger partial charge in [0, 0.05) is 23.7 Å². The van der Waals surface area contributed by atoms with Gasteiger partial charge in [0.15, 0.2) is 0 Å². The third kappa shape index (κ3) is 3.11. The van der Waals surface area contributed by atoms with Gasteiger partial charge in [-0.3, -0.25) is 0 Å². The first-order valence-electron chi connectivity index (χ1n) is 6.26. The molecular formula is C12H23NOS. The first kappa shape index (κ1) is 11.7. The predicted octanol–water partition coefficient (Wildman–Crippen LogP) is 2.41. The van der Waals surface area contributed by atoms with Gasteiger partial charge in [-0.1, -0.05) is 12.8 Å². The average Bonchev–Trinajstić information content (AvgIpc) is 2.85. The van der Waals surface area contributed by atoms with Gasteiger partial charge >= 0.3 is 0 Å². The van der Waals surface area contributed by atoms with Crippen molar-refractivity contribution in [2.24, 2.45) is 11.7 Å². The van der Waals surface area contributed by atoms with Crippen LogP contribution in [-0.2, 0) is 4.74 Å². The van der Waals surface area contributed by atoms with E-state index in [1.807, 2.05) is 11.8 Å². The van der Waals surface area contributed by atoms with Crippen LogP contribution in [-0.4, -0.2) is 29.8 Å². The molecule has 2 nitrogen and oxygen atoms in total. The molecule has 1 aliphatic carbocycles. The second-order valence-electron chi connectivity index (χ2n) is 4.94. The Kier molecular flexibility index (Phi) is 4.35. The Morgan fingerprint density at radius 2 is 2.07 bits per heavy atom. The fraction of sp³-hybridized carbons (Fsp3) is 1.00. The number of hydrogen-bond acceptors (Lipinski definition) is 3. The smallest absolute Gasteiger partial charge is 0.0666 e. The molecule has 2 aliphatic rings. The Labute approximate surface area is 97.3 Å². The maximum Gasteiger partial charge on any atom is 0.0666 e. The molecule has 2 rings (SSSR count). The second-order valence-corrected chi connectivity index (χ2v) is 6.22. The van der Waals surface area contributed by atoms with Crippen LogP contribution in [0.1, 0.15) is 39.0 Å². The summed E-state index contributed by atoms with van der Waals surface area (Å²) in [7, 11) is 0. The molecule has 1 aliphatic heterocycles. The SMILES string of the molecule is CC1OCCC1SCC(N)C1CCCC1. The summed E-state index contributed by atoms with van der Waals surface area (Å²) in [6, 6.07) is 0.422. The maximum atomic E-state index is 6.24. The summed E-state index contributed by atoms with van der Waals surface area (Å²) in [5.41, 5.74) is 6.24. The van der Waals surface area contributed by atoms with E-state index in [4.69, 9.17) is 10.5 Å². The minimum Gasteiger partial charge on any atom is -0.377 e. The summed E-state index contributed by atoms with van der Waals surface area (Å²) >= 11 is 2.04. The molecule has 3 unspecified atom stereocenters. The molecular weight excluding hydrogens is 206 g/mol. The van der Waals surface area contributed by atoms with Crippen LogP contribution < -0.4 is 5.73 Å². The number of nitrogens with two attached hydrogens (primary N) is 1. The average molecular weight is 229 g/mol. The molecule has 88 valence electrons. The van der Waals surface area contributed by atoms with Gasteiger partial charge in [-0.15, -0.1) is 0 Å². The van der Waals surface area contributed by atoms with E-state index in [0.717, 1.165) is 18.3 Å².